The molecular weight excluding hydrogens is 364 g/mol. The zero-order chi connectivity index (χ0) is 18.1. The molecule has 0 bridgehead atoms. The van der Waals surface area contributed by atoms with Gasteiger partial charge in [-0.25, -0.2) is 12.7 Å². The quantitative estimate of drug-likeness (QED) is 0.817. The van der Waals surface area contributed by atoms with Gasteiger partial charge in [-0.15, -0.1) is 0 Å². The first-order chi connectivity index (χ1) is 11.1. The number of nitrogens with zero attached hydrogens (tertiary/aromatic N) is 2. The molecule has 0 saturated heterocycles. The van der Waals surface area contributed by atoms with E-state index in [9.17, 15) is 13.2 Å². The standard InChI is InChI=1S/C15H17ClN4O3S.CH4/c1-19(2)24(22,23)13-6-4-3-5-10(13)8-20-9-11(16)7-12(14(20)17)15(18)21;/h3-7,9,17H,8H2,1-2H3,(H2,18,21);1H4. The highest BCUT2D eigenvalue weighted by atomic mass is 35.5. The Morgan fingerprint density at radius 3 is 2.48 bits per heavy atom. The van der Waals surface area contributed by atoms with Gasteiger partial charge in [-0.05, 0) is 17.7 Å². The zero-order valence-electron chi connectivity index (χ0n) is 13.2. The molecule has 0 spiro atoms. The van der Waals surface area contributed by atoms with E-state index in [0.717, 1.165) is 4.31 Å². The van der Waals surface area contributed by atoms with Crippen LogP contribution in [0.2, 0.25) is 5.02 Å². The first kappa shape index (κ1) is 20.9. The number of aromatic nitrogens is 1. The first-order valence-electron chi connectivity index (χ1n) is 6.89. The van der Waals surface area contributed by atoms with Crippen molar-refractivity contribution < 1.29 is 13.2 Å². The summed E-state index contributed by atoms with van der Waals surface area (Å²) in [6.07, 6.45) is 1.45. The summed E-state index contributed by atoms with van der Waals surface area (Å²) in [5.74, 6) is -0.773. The highest BCUT2D eigenvalue weighted by Gasteiger charge is 2.21. The second-order valence-corrected chi connectivity index (χ2v) is 7.86. The lowest BCUT2D eigenvalue weighted by Crippen LogP contribution is -2.30. The van der Waals surface area contributed by atoms with Crippen LogP contribution in [0.15, 0.2) is 41.4 Å². The maximum absolute atomic E-state index is 12.4. The van der Waals surface area contributed by atoms with Crippen molar-refractivity contribution in [3.8, 4) is 0 Å². The summed E-state index contributed by atoms with van der Waals surface area (Å²) < 4.78 is 27.4. The van der Waals surface area contributed by atoms with Crippen molar-refractivity contribution in [1.29, 1.82) is 5.41 Å². The molecule has 136 valence electrons. The van der Waals surface area contributed by atoms with Crippen LogP contribution in [0.3, 0.4) is 0 Å². The fraction of sp³-hybridized carbons (Fsp3) is 0.250. The molecule has 3 N–H and O–H groups in total. The number of halogens is 1. The molecule has 25 heavy (non-hydrogen) atoms. The van der Waals surface area contributed by atoms with Crippen LogP contribution in [0.4, 0.5) is 0 Å². The van der Waals surface area contributed by atoms with E-state index >= 15 is 0 Å². The summed E-state index contributed by atoms with van der Waals surface area (Å²) in [4.78, 5) is 11.5. The van der Waals surface area contributed by atoms with Crippen molar-refractivity contribution in [1.82, 2.24) is 8.87 Å². The number of hydrogen-bond acceptors (Lipinski definition) is 4. The molecule has 0 aliphatic carbocycles. The Hall–Kier alpha value is -2.16. The molecule has 1 aromatic heterocycles. The van der Waals surface area contributed by atoms with Crippen LogP contribution in [-0.4, -0.2) is 37.3 Å². The number of nitrogens with one attached hydrogen (secondary N) is 1. The lowest BCUT2D eigenvalue weighted by molar-refractivity contribution is 0.0997. The number of carbonyl (C=O) groups is 1. The highest BCUT2D eigenvalue weighted by Crippen LogP contribution is 2.19. The third-order valence-electron chi connectivity index (χ3n) is 3.44. The van der Waals surface area contributed by atoms with E-state index in [2.05, 4.69) is 0 Å². The van der Waals surface area contributed by atoms with Gasteiger partial charge in [-0.2, -0.15) is 0 Å². The fourth-order valence-electron chi connectivity index (χ4n) is 2.19. The second-order valence-electron chi connectivity index (χ2n) is 5.31. The Morgan fingerprint density at radius 1 is 1.32 bits per heavy atom. The van der Waals surface area contributed by atoms with Crippen molar-refractivity contribution in [3.63, 3.8) is 0 Å². The number of benzene rings is 1. The minimum Gasteiger partial charge on any atom is -0.365 e. The number of rotatable bonds is 5. The van der Waals surface area contributed by atoms with Crippen LogP contribution in [0.1, 0.15) is 23.3 Å². The van der Waals surface area contributed by atoms with E-state index in [1.54, 1.807) is 18.2 Å². The van der Waals surface area contributed by atoms with E-state index in [1.807, 2.05) is 0 Å². The van der Waals surface area contributed by atoms with Crippen LogP contribution in [0.25, 0.3) is 0 Å². The first-order valence-corrected chi connectivity index (χ1v) is 8.71. The average molecular weight is 385 g/mol. The Morgan fingerprint density at radius 2 is 1.92 bits per heavy atom. The number of hydrogen-bond donors (Lipinski definition) is 2. The number of carbonyl (C=O) groups excluding carboxylic acids is 1. The van der Waals surface area contributed by atoms with Crippen LogP contribution in [0, 0.1) is 5.41 Å². The molecule has 1 heterocycles. The predicted octanol–water partition coefficient (Wildman–Crippen LogP) is 1.65. The number of sulfonamides is 1. The van der Waals surface area contributed by atoms with Crippen LogP contribution < -0.4 is 11.2 Å². The molecule has 0 aliphatic heterocycles. The van der Waals surface area contributed by atoms with Gasteiger partial charge in [0.05, 0.1) is 22.0 Å². The predicted molar refractivity (Wildman–Crippen MR) is 97.0 cm³/mol. The number of amides is 1. The molecule has 2 rings (SSSR count). The molecule has 9 heteroatoms. The molecular formula is C16H21ClN4O3S. The maximum Gasteiger partial charge on any atom is 0.252 e. The Bertz CT molecular complexity index is 952. The molecule has 0 atom stereocenters. The van der Waals surface area contributed by atoms with Gasteiger partial charge in [0.25, 0.3) is 5.91 Å². The van der Waals surface area contributed by atoms with Gasteiger partial charge in [-0.3, -0.25) is 10.2 Å². The minimum absolute atomic E-state index is 0. The van der Waals surface area contributed by atoms with Crippen molar-refractivity contribution in [2.45, 2.75) is 18.9 Å². The Balaban J connectivity index is 0.00000312. The number of nitrogens with two attached hydrogens (primary N) is 1. The van der Waals surface area contributed by atoms with Crippen LogP contribution in [-0.2, 0) is 16.6 Å². The molecule has 0 fully saturated rings. The summed E-state index contributed by atoms with van der Waals surface area (Å²) in [6.45, 7) is 0.0584. The van der Waals surface area contributed by atoms with Gasteiger partial charge in [-0.1, -0.05) is 37.2 Å². The maximum atomic E-state index is 12.4. The lowest BCUT2D eigenvalue weighted by atomic mass is 10.2. The minimum atomic E-state index is -3.64. The van der Waals surface area contributed by atoms with Gasteiger partial charge >= 0.3 is 0 Å². The van der Waals surface area contributed by atoms with E-state index in [4.69, 9.17) is 22.7 Å². The lowest BCUT2D eigenvalue weighted by Gasteiger charge is -2.16. The monoisotopic (exact) mass is 384 g/mol. The summed E-state index contributed by atoms with van der Waals surface area (Å²) in [5, 5.41) is 8.31. The Kier molecular flexibility index (Phi) is 6.53. The highest BCUT2D eigenvalue weighted by molar-refractivity contribution is 7.89. The molecule has 1 amide bonds. The van der Waals surface area contributed by atoms with Crippen molar-refractivity contribution in [3.05, 3.63) is 58.2 Å². The van der Waals surface area contributed by atoms with Gasteiger partial charge in [0, 0.05) is 20.3 Å². The summed E-state index contributed by atoms with van der Waals surface area (Å²) in [6, 6.07) is 7.78. The SMILES string of the molecule is C.CN(C)S(=O)(=O)c1ccccc1Cn1cc(Cl)cc(C(N)=O)c1=N. The van der Waals surface area contributed by atoms with E-state index in [-0.39, 0.29) is 34.9 Å². The van der Waals surface area contributed by atoms with Gasteiger partial charge in [0.2, 0.25) is 10.0 Å². The van der Waals surface area contributed by atoms with Gasteiger partial charge in [0.1, 0.15) is 5.49 Å². The van der Waals surface area contributed by atoms with Gasteiger partial charge in [0.15, 0.2) is 0 Å². The average Bonchev–Trinajstić information content (AvgIpc) is 2.50. The van der Waals surface area contributed by atoms with Crippen LogP contribution in [0.5, 0.6) is 0 Å². The topological polar surface area (TPSA) is 109 Å². The number of pyridine rings is 1. The van der Waals surface area contributed by atoms with Crippen LogP contribution >= 0.6 is 11.6 Å². The fourth-order valence-corrected chi connectivity index (χ4v) is 3.53. The van der Waals surface area contributed by atoms with Gasteiger partial charge < -0.3 is 10.3 Å². The van der Waals surface area contributed by atoms with Crippen molar-refractivity contribution >= 4 is 27.5 Å². The van der Waals surface area contributed by atoms with E-state index in [0.29, 0.717) is 5.56 Å². The number of primary amides is 1. The van der Waals surface area contributed by atoms with E-state index in [1.165, 1.54) is 37.0 Å². The van der Waals surface area contributed by atoms with Crippen molar-refractivity contribution in [2.75, 3.05) is 14.1 Å². The summed E-state index contributed by atoms with van der Waals surface area (Å²) in [5.41, 5.74) is 5.56. The third-order valence-corrected chi connectivity index (χ3v) is 5.56. The Labute approximate surface area is 152 Å². The summed E-state index contributed by atoms with van der Waals surface area (Å²) in [7, 11) is -0.755. The summed E-state index contributed by atoms with van der Waals surface area (Å²) >= 11 is 5.97. The molecule has 7 nitrogen and oxygen atoms in total. The largest absolute Gasteiger partial charge is 0.365 e. The zero-order valence-corrected chi connectivity index (χ0v) is 14.7. The third kappa shape index (κ3) is 4.28. The molecule has 0 unspecified atom stereocenters. The molecule has 0 aliphatic rings. The van der Waals surface area contributed by atoms with Crippen molar-refractivity contribution in [2.24, 2.45) is 5.73 Å². The molecule has 1 aromatic carbocycles. The molecule has 2 aromatic rings. The van der Waals surface area contributed by atoms with E-state index < -0.39 is 15.9 Å². The molecule has 0 radical (unpaired) electrons. The molecule has 0 saturated carbocycles. The normalized spacial score (nSPS) is 11.2. The second kappa shape index (κ2) is 7.81. The smallest absolute Gasteiger partial charge is 0.252 e.